The number of amides is 1. The molecular formula is C19H24Cl2N2O2. The van der Waals surface area contributed by atoms with Crippen LogP contribution in [0.1, 0.15) is 37.4 Å². The van der Waals surface area contributed by atoms with Crippen LogP contribution in [0.25, 0.3) is 10.9 Å². The Bertz CT molecular complexity index is 733. The van der Waals surface area contributed by atoms with Crippen molar-refractivity contribution in [2.75, 3.05) is 13.2 Å². The van der Waals surface area contributed by atoms with Gasteiger partial charge in [-0.3, -0.25) is 9.78 Å². The van der Waals surface area contributed by atoms with Crippen molar-refractivity contribution in [2.24, 2.45) is 5.92 Å². The maximum atomic E-state index is 10.9. The molecule has 0 aliphatic heterocycles. The topological polar surface area (TPSA) is 51.2 Å². The molecule has 1 saturated carbocycles. The zero-order chi connectivity index (χ0) is 16.9. The van der Waals surface area contributed by atoms with Crippen LogP contribution < -0.4 is 10.1 Å². The number of nitrogens with one attached hydrogen (secondary N) is 1. The number of benzene rings is 1. The van der Waals surface area contributed by atoms with E-state index in [1.165, 1.54) is 19.8 Å². The lowest BCUT2D eigenvalue weighted by Crippen LogP contribution is -2.21. The molecule has 0 radical (unpaired) electrons. The highest BCUT2D eigenvalue weighted by atomic mass is 35.5. The Morgan fingerprint density at radius 3 is 2.84 bits per heavy atom. The third kappa shape index (κ3) is 5.75. The molecule has 1 aromatic heterocycles. The molecule has 1 fully saturated rings. The normalized spacial score (nSPS) is 13.4. The van der Waals surface area contributed by atoms with Crippen LogP contribution in [0.15, 0.2) is 24.3 Å². The van der Waals surface area contributed by atoms with E-state index >= 15 is 0 Å². The summed E-state index contributed by atoms with van der Waals surface area (Å²) in [5.74, 6) is 2.07. The van der Waals surface area contributed by atoms with Crippen molar-refractivity contribution in [3.63, 3.8) is 0 Å². The number of fused-ring (bicyclic) bond motifs is 1. The Morgan fingerprint density at radius 2 is 2.16 bits per heavy atom. The molecule has 2 aromatic rings. The van der Waals surface area contributed by atoms with Gasteiger partial charge < -0.3 is 10.1 Å². The maximum Gasteiger partial charge on any atom is 0.216 e. The molecule has 0 atom stereocenters. The zero-order valence-corrected chi connectivity index (χ0v) is 16.0. The quantitative estimate of drug-likeness (QED) is 0.548. The van der Waals surface area contributed by atoms with Crippen molar-refractivity contribution in [1.29, 1.82) is 0 Å². The van der Waals surface area contributed by atoms with Crippen LogP contribution in [0, 0.1) is 5.92 Å². The van der Waals surface area contributed by atoms with Gasteiger partial charge in [-0.1, -0.05) is 0 Å². The minimum atomic E-state index is -0.00207. The molecule has 0 saturated heterocycles. The fourth-order valence-corrected chi connectivity index (χ4v) is 2.91. The molecular weight excluding hydrogens is 359 g/mol. The third-order valence-corrected chi connectivity index (χ3v) is 4.53. The summed E-state index contributed by atoms with van der Waals surface area (Å²) in [7, 11) is 0. The standard InChI is InChI=1S/C19H23ClN2O2.ClH/c1-13(23)21-8-2-3-18-16(11-20)9-15-10-17(6-7-19(15)22-18)24-12-14-4-5-14;/h6-7,9-10,14H,2-5,8,11-12H2,1H3,(H,21,23);1H. The Morgan fingerprint density at radius 1 is 1.36 bits per heavy atom. The van der Waals surface area contributed by atoms with E-state index in [4.69, 9.17) is 21.3 Å². The SMILES string of the molecule is CC(=O)NCCCc1nc2ccc(OCC3CC3)cc2cc1CCl.Cl. The number of alkyl halides is 1. The zero-order valence-electron chi connectivity index (χ0n) is 14.4. The molecule has 1 heterocycles. The van der Waals surface area contributed by atoms with Gasteiger partial charge in [0.15, 0.2) is 0 Å². The number of aromatic nitrogens is 1. The number of ether oxygens (including phenoxy) is 1. The summed E-state index contributed by atoms with van der Waals surface area (Å²) in [6.45, 7) is 2.99. The van der Waals surface area contributed by atoms with Crippen LogP contribution in [0.4, 0.5) is 0 Å². The van der Waals surface area contributed by atoms with Gasteiger partial charge in [0, 0.05) is 30.4 Å². The van der Waals surface area contributed by atoms with Gasteiger partial charge in [0.05, 0.1) is 12.1 Å². The second kappa shape index (κ2) is 9.25. The molecule has 3 rings (SSSR count). The molecule has 0 spiro atoms. The van der Waals surface area contributed by atoms with Crippen LogP contribution in [-0.2, 0) is 17.1 Å². The highest BCUT2D eigenvalue weighted by Crippen LogP contribution is 2.30. The number of aryl methyl sites for hydroxylation is 1. The van der Waals surface area contributed by atoms with Gasteiger partial charge in [-0.2, -0.15) is 0 Å². The first-order valence-electron chi connectivity index (χ1n) is 8.51. The van der Waals surface area contributed by atoms with E-state index in [9.17, 15) is 4.79 Å². The van der Waals surface area contributed by atoms with Crippen LogP contribution in [0.5, 0.6) is 5.75 Å². The molecule has 6 heteroatoms. The average Bonchev–Trinajstić information content (AvgIpc) is 3.40. The lowest BCUT2D eigenvalue weighted by atomic mass is 10.1. The highest BCUT2D eigenvalue weighted by molar-refractivity contribution is 6.17. The van der Waals surface area contributed by atoms with Crippen LogP contribution in [0.2, 0.25) is 0 Å². The molecule has 1 N–H and O–H groups in total. The van der Waals surface area contributed by atoms with Crippen molar-refractivity contribution in [3.05, 3.63) is 35.5 Å². The summed E-state index contributed by atoms with van der Waals surface area (Å²) < 4.78 is 5.84. The number of carbonyl (C=O) groups excluding carboxylic acids is 1. The molecule has 1 aliphatic carbocycles. The summed E-state index contributed by atoms with van der Waals surface area (Å²) >= 11 is 6.11. The lowest BCUT2D eigenvalue weighted by Gasteiger charge is -2.11. The van der Waals surface area contributed by atoms with Gasteiger partial charge in [0.2, 0.25) is 5.91 Å². The molecule has 0 bridgehead atoms. The lowest BCUT2D eigenvalue weighted by molar-refractivity contribution is -0.118. The minimum absolute atomic E-state index is 0. The van der Waals surface area contributed by atoms with Gasteiger partial charge >= 0.3 is 0 Å². The van der Waals surface area contributed by atoms with Crippen molar-refractivity contribution in [1.82, 2.24) is 10.3 Å². The number of hydrogen-bond acceptors (Lipinski definition) is 3. The molecule has 136 valence electrons. The summed E-state index contributed by atoms with van der Waals surface area (Å²) in [5, 5.41) is 3.87. The number of pyridine rings is 1. The fourth-order valence-electron chi connectivity index (χ4n) is 2.68. The van der Waals surface area contributed by atoms with Gasteiger partial charge in [0.1, 0.15) is 5.75 Å². The second-order valence-corrected chi connectivity index (χ2v) is 6.69. The number of carbonyl (C=O) groups is 1. The summed E-state index contributed by atoms with van der Waals surface area (Å²) in [4.78, 5) is 15.7. The van der Waals surface area contributed by atoms with E-state index in [-0.39, 0.29) is 18.3 Å². The largest absolute Gasteiger partial charge is 0.493 e. The third-order valence-electron chi connectivity index (χ3n) is 4.25. The number of halogens is 2. The number of rotatable bonds is 8. The van der Waals surface area contributed by atoms with Crippen LogP contribution >= 0.6 is 24.0 Å². The van der Waals surface area contributed by atoms with Gasteiger partial charge in [0.25, 0.3) is 0 Å². The maximum absolute atomic E-state index is 10.9. The van der Waals surface area contributed by atoms with E-state index in [1.54, 1.807) is 0 Å². The Hall–Kier alpha value is -1.52. The van der Waals surface area contributed by atoms with Gasteiger partial charge in [-0.05, 0) is 61.4 Å². The summed E-state index contributed by atoms with van der Waals surface area (Å²) in [5.41, 5.74) is 3.01. The minimum Gasteiger partial charge on any atom is -0.493 e. The molecule has 1 aliphatic rings. The monoisotopic (exact) mass is 382 g/mol. The first-order chi connectivity index (χ1) is 11.7. The van der Waals surface area contributed by atoms with Crippen LogP contribution in [-0.4, -0.2) is 24.0 Å². The second-order valence-electron chi connectivity index (χ2n) is 6.42. The van der Waals surface area contributed by atoms with Crippen molar-refractivity contribution in [2.45, 2.75) is 38.5 Å². The Balaban J connectivity index is 0.00000225. The molecule has 25 heavy (non-hydrogen) atoms. The Kier molecular flexibility index (Phi) is 7.33. The first kappa shape index (κ1) is 19.8. The fraction of sp³-hybridized carbons (Fsp3) is 0.474. The number of nitrogens with zero attached hydrogens (tertiary/aromatic N) is 1. The van der Waals surface area contributed by atoms with Gasteiger partial charge in [-0.15, -0.1) is 24.0 Å². The molecule has 1 amide bonds. The van der Waals surface area contributed by atoms with Crippen molar-refractivity contribution >= 4 is 40.8 Å². The number of hydrogen-bond donors (Lipinski definition) is 1. The van der Waals surface area contributed by atoms with Crippen LogP contribution in [0.3, 0.4) is 0 Å². The smallest absolute Gasteiger partial charge is 0.216 e. The predicted molar refractivity (Wildman–Crippen MR) is 104 cm³/mol. The predicted octanol–water partition coefficient (Wildman–Crippen LogP) is 4.25. The van der Waals surface area contributed by atoms with E-state index in [1.807, 2.05) is 18.2 Å². The molecule has 4 nitrogen and oxygen atoms in total. The molecule has 1 aromatic carbocycles. The summed E-state index contributed by atoms with van der Waals surface area (Å²) in [6, 6.07) is 8.14. The van der Waals surface area contributed by atoms with E-state index in [2.05, 4.69) is 11.4 Å². The first-order valence-corrected chi connectivity index (χ1v) is 9.05. The van der Waals surface area contributed by atoms with Crippen molar-refractivity contribution in [3.8, 4) is 5.75 Å². The van der Waals surface area contributed by atoms with Crippen molar-refractivity contribution < 1.29 is 9.53 Å². The van der Waals surface area contributed by atoms with E-state index < -0.39 is 0 Å². The van der Waals surface area contributed by atoms with E-state index in [0.717, 1.165) is 53.3 Å². The summed E-state index contributed by atoms with van der Waals surface area (Å²) in [6.07, 6.45) is 4.23. The van der Waals surface area contributed by atoms with Gasteiger partial charge in [-0.25, -0.2) is 0 Å². The molecule has 0 unspecified atom stereocenters. The average molecular weight is 383 g/mol. The Labute approximate surface area is 159 Å². The van der Waals surface area contributed by atoms with E-state index in [0.29, 0.717) is 12.4 Å². The highest BCUT2D eigenvalue weighted by Gasteiger charge is 2.21.